The molecule has 1 saturated carbocycles. The van der Waals surface area contributed by atoms with Crippen LogP contribution in [0, 0.1) is 5.92 Å². The maximum Gasteiger partial charge on any atom is 0.213 e. The number of aromatic nitrogens is 1. The van der Waals surface area contributed by atoms with Gasteiger partial charge in [0.15, 0.2) is 0 Å². The van der Waals surface area contributed by atoms with Gasteiger partial charge in [-0.05, 0) is 41.9 Å². The van der Waals surface area contributed by atoms with Gasteiger partial charge in [-0.15, -0.1) is 0 Å². The van der Waals surface area contributed by atoms with E-state index in [4.69, 9.17) is 4.74 Å². The maximum absolute atomic E-state index is 5.77. The van der Waals surface area contributed by atoms with E-state index in [1.807, 2.05) is 24.4 Å². The van der Waals surface area contributed by atoms with Crippen LogP contribution in [-0.4, -0.2) is 4.98 Å². The Morgan fingerprint density at radius 1 is 1.21 bits per heavy atom. The van der Waals surface area contributed by atoms with Crippen molar-refractivity contribution in [1.29, 1.82) is 0 Å². The highest BCUT2D eigenvalue weighted by atomic mass is 16.5. The molecule has 1 atom stereocenters. The normalized spacial score (nSPS) is 16.1. The third-order valence-corrected chi connectivity index (χ3v) is 3.84. The zero-order valence-corrected chi connectivity index (χ0v) is 11.3. The van der Waals surface area contributed by atoms with Gasteiger partial charge in [0.25, 0.3) is 0 Å². The zero-order chi connectivity index (χ0) is 13.1. The molecule has 1 fully saturated rings. The van der Waals surface area contributed by atoms with Gasteiger partial charge in [-0.2, -0.15) is 0 Å². The molecule has 19 heavy (non-hydrogen) atoms. The second kappa shape index (κ2) is 5.43. The number of hydrogen-bond acceptors (Lipinski definition) is 2. The third kappa shape index (κ3) is 3.14. The van der Waals surface area contributed by atoms with Crippen molar-refractivity contribution >= 4 is 0 Å². The number of benzene rings is 1. The summed E-state index contributed by atoms with van der Waals surface area (Å²) in [6.07, 6.45) is 4.59. The Morgan fingerprint density at radius 2 is 2.00 bits per heavy atom. The molecule has 1 aromatic heterocycles. The molecule has 0 unspecified atom stereocenters. The molecule has 0 amide bonds. The second-order valence-corrected chi connectivity index (χ2v) is 5.33. The summed E-state index contributed by atoms with van der Waals surface area (Å²) >= 11 is 0. The largest absolute Gasteiger partial charge is 0.473 e. The minimum absolute atomic E-state index is 0.578. The molecule has 98 valence electrons. The van der Waals surface area contributed by atoms with Gasteiger partial charge in [0.2, 0.25) is 5.88 Å². The highest BCUT2D eigenvalue weighted by Crippen LogP contribution is 2.42. The van der Waals surface area contributed by atoms with E-state index in [2.05, 4.69) is 36.2 Å². The number of rotatable bonds is 5. The highest BCUT2D eigenvalue weighted by Gasteiger charge is 2.29. The Hall–Kier alpha value is -1.83. The molecule has 2 nitrogen and oxygen atoms in total. The van der Waals surface area contributed by atoms with Crippen molar-refractivity contribution in [3.05, 3.63) is 59.8 Å². The van der Waals surface area contributed by atoms with E-state index >= 15 is 0 Å². The second-order valence-electron chi connectivity index (χ2n) is 5.33. The summed E-state index contributed by atoms with van der Waals surface area (Å²) < 4.78 is 5.77. The molecule has 0 saturated heterocycles. The van der Waals surface area contributed by atoms with Crippen LogP contribution in [0.3, 0.4) is 0 Å². The van der Waals surface area contributed by atoms with E-state index in [9.17, 15) is 0 Å². The van der Waals surface area contributed by atoms with Crippen LogP contribution in [0.15, 0.2) is 48.7 Å². The van der Waals surface area contributed by atoms with Crippen LogP contribution in [-0.2, 0) is 6.61 Å². The average Bonchev–Trinajstić information content (AvgIpc) is 3.30. The summed E-state index contributed by atoms with van der Waals surface area (Å²) in [5.41, 5.74) is 2.52. The molecule has 0 spiro atoms. The number of ether oxygens (including phenoxy) is 1. The van der Waals surface area contributed by atoms with Crippen molar-refractivity contribution in [2.75, 3.05) is 0 Å². The zero-order valence-electron chi connectivity index (χ0n) is 11.3. The van der Waals surface area contributed by atoms with Gasteiger partial charge in [-0.1, -0.05) is 37.3 Å². The first-order chi connectivity index (χ1) is 9.33. The molecule has 0 bridgehead atoms. The predicted octanol–water partition coefficient (Wildman–Crippen LogP) is 4.17. The van der Waals surface area contributed by atoms with E-state index in [1.54, 1.807) is 0 Å². The lowest BCUT2D eigenvalue weighted by atomic mass is 9.97. The fraction of sp³-hybridized carbons (Fsp3) is 0.353. The SMILES string of the molecule is C[C@H](c1ccnc(OCc2ccccc2)c1)C1CC1. The van der Waals surface area contributed by atoms with E-state index < -0.39 is 0 Å². The smallest absolute Gasteiger partial charge is 0.213 e. The van der Waals surface area contributed by atoms with Gasteiger partial charge >= 0.3 is 0 Å². The number of pyridine rings is 1. The van der Waals surface area contributed by atoms with Crippen molar-refractivity contribution in [2.45, 2.75) is 32.3 Å². The first-order valence-electron chi connectivity index (χ1n) is 6.95. The van der Waals surface area contributed by atoms with Gasteiger partial charge in [0.05, 0.1) is 0 Å². The van der Waals surface area contributed by atoms with Crippen LogP contribution in [0.4, 0.5) is 0 Å². The summed E-state index contributed by atoms with van der Waals surface area (Å²) in [5.74, 6) is 2.22. The van der Waals surface area contributed by atoms with Crippen LogP contribution in [0.2, 0.25) is 0 Å². The van der Waals surface area contributed by atoms with Crippen molar-refractivity contribution in [1.82, 2.24) is 4.98 Å². The minimum atomic E-state index is 0.578. The molecule has 2 aromatic rings. The Balaban J connectivity index is 1.66. The standard InChI is InChI=1S/C17H19NO/c1-13(15-7-8-15)16-9-10-18-17(11-16)19-12-14-5-3-2-4-6-14/h2-6,9-11,13,15H,7-8,12H2,1H3/t13-/m0/s1. The monoisotopic (exact) mass is 253 g/mol. The average molecular weight is 253 g/mol. The molecule has 2 heteroatoms. The summed E-state index contributed by atoms with van der Waals surface area (Å²) in [5, 5.41) is 0. The van der Waals surface area contributed by atoms with E-state index in [0.717, 1.165) is 11.8 Å². The van der Waals surface area contributed by atoms with Gasteiger partial charge < -0.3 is 4.74 Å². The molecule has 1 aliphatic rings. The summed E-state index contributed by atoms with van der Waals surface area (Å²) in [6, 6.07) is 14.4. The topological polar surface area (TPSA) is 22.1 Å². The minimum Gasteiger partial charge on any atom is -0.473 e. The van der Waals surface area contributed by atoms with Crippen molar-refractivity contribution in [3.8, 4) is 5.88 Å². The third-order valence-electron chi connectivity index (χ3n) is 3.84. The quantitative estimate of drug-likeness (QED) is 0.797. The van der Waals surface area contributed by atoms with E-state index in [-0.39, 0.29) is 0 Å². The molecule has 1 aromatic carbocycles. The van der Waals surface area contributed by atoms with Crippen LogP contribution >= 0.6 is 0 Å². The lowest BCUT2D eigenvalue weighted by Crippen LogP contribution is -2.00. The Labute approximate surface area is 114 Å². The van der Waals surface area contributed by atoms with Crippen LogP contribution in [0.1, 0.15) is 36.8 Å². The molecule has 0 radical (unpaired) electrons. The van der Waals surface area contributed by atoms with Crippen molar-refractivity contribution in [3.63, 3.8) is 0 Å². The lowest BCUT2D eigenvalue weighted by Gasteiger charge is -2.12. The van der Waals surface area contributed by atoms with Crippen LogP contribution < -0.4 is 4.74 Å². The molecular weight excluding hydrogens is 234 g/mol. The molecule has 0 N–H and O–H groups in total. The Kier molecular flexibility index (Phi) is 3.49. The molecule has 0 aliphatic heterocycles. The van der Waals surface area contributed by atoms with Gasteiger partial charge in [0.1, 0.15) is 6.61 Å². The fourth-order valence-corrected chi connectivity index (χ4v) is 2.39. The molecule has 1 heterocycles. The number of nitrogens with zero attached hydrogens (tertiary/aromatic N) is 1. The fourth-order valence-electron chi connectivity index (χ4n) is 2.39. The Bertz CT molecular complexity index is 534. The van der Waals surface area contributed by atoms with E-state index in [0.29, 0.717) is 12.5 Å². The highest BCUT2D eigenvalue weighted by molar-refractivity contribution is 5.25. The maximum atomic E-state index is 5.77. The van der Waals surface area contributed by atoms with E-state index in [1.165, 1.54) is 24.0 Å². The van der Waals surface area contributed by atoms with Gasteiger partial charge in [-0.3, -0.25) is 0 Å². The first kappa shape index (κ1) is 12.2. The molecular formula is C17H19NO. The predicted molar refractivity (Wildman–Crippen MR) is 76.2 cm³/mol. The van der Waals surface area contributed by atoms with Gasteiger partial charge in [0, 0.05) is 12.3 Å². The van der Waals surface area contributed by atoms with Gasteiger partial charge in [-0.25, -0.2) is 4.98 Å². The molecule has 1 aliphatic carbocycles. The Morgan fingerprint density at radius 3 is 2.74 bits per heavy atom. The summed E-state index contributed by atoms with van der Waals surface area (Å²) in [7, 11) is 0. The summed E-state index contributed by atoms with van der Waals surface area (Å²) in [4.78, 5) is 4.29. The number of hydrogen-bond donors (Lipinski definition) is 0. The van der Waals surface area contributed by atoms with Crippen molar-refractivity contribution in [2.24, 2.45) is 5.92 Å². The summed E-state index contributed by atoms with van der Waals surface area (Å²) in [6.45, 7) is 2.88. The molecule has 3 rings (SSSR count). The van der Waals surface area contributed by atoms with Crippen LogP contribution in [0.25, 0.3) is 0 Å². The van der Waals surface area contributed by atoms with Crippen LogP contribution in [0.5, 0.6) is 5.88 Å². The first-order valence-corrected chi connectivity index (χ1v) is 6.95. The lowest BCUT2D eigenvalue weighted by molar-refractivity contribution is 0.293. The van der Waals surface area contributed by atoms with Crippen molar-refractivity contribution < 1.29 is 4.74 Å².